The van der Waals surface area contributed by atoms with Crippen LogP contribution in [-0.2, 0) is 9.53 Å². The Labute approximate surface area is 138 Å². The van der Waals surface area contributed by atoms with Crippen LogP contribution in [0.3, 0.4) is 0 Å². The zero-order valence-electron chi connectivity index (χ0n) is 15.0. The Kier molecular flexibility index (Phi) is 8.67. The quantitative estimate of drug-likeness (QED) is 0.637. The van der Waals surface area contributed by atoms with E-state index in [4.69, 9.17) is 4.74 Å². The Morgan fingerprint density at radius 2 is 1.55 bits per heavy atom. The fourth-order valence-electron chi connectivity index (χ4n) is 3.20. The lowest BCUT2D eigenvalue weighted by molar-refractivity contribution is -0.148. The number of morpholine rings is 1. The number of carbonyl (C=O) groups excluding carboxylic acids is 1. The molecular weight excluding hydrogens is 274 g/mol. The van der Waals surface area contributed by atoms with Gasteiger partial charge in [-0.3, -0.25) is 4.79 Å². The van der Waals surface area contributed by atoms with Gasteiger partial charge < -0.3 is 9.64 Å². The van der Waals surface area contributed by atoms with Crippen molar-refractivity contribution < 1.29 is 9.53 Å². The first-order valence-corrected chi connectivity index (χ1v) is 8.50. The average Bonchev–Trinajstić information content (AvgIpc) is 2.39. The third-order valence-electron chi connectivity index (χ3n) is 4.63. The molecule has 0 aromatic carbocycles. The van der Waals surface area contributed by atoms with Crippen molar-refractivity contribution in [1.29, 1.82) is 0 Å². The number of amides is 1. The Bertz CT molecular complexity index is 319. The van der Waals surface area contributed by atoms with Crippen LogP contribution >= 0.6 is 0 Å². The number of ether oxygens (including phenoxy) is 1. The summed E-state index contributed by atoms with van der Waals surface area (Å²) in [4.78, 5) is 13.1. The van der Waals surface area contributed by atoms with Gasteiger partial charge in [0, 0.05) is 12.1 Å². The smallest absolute Gasteiger partial charge is 0.249 e. The van der Waals surface area contributed by atoms with Gasteiger partial charge in [-0.1, -0.05) is 47.5 Å². The molecule has 0 spiro atoms. The number of rotatable bonds is 0. The SMILES string of the molecule is C.CC(C)(C)C1CCCCC1.CC(C)(C)N1CCOCC1=O. The molecule has 22 heavy (non-hydrogen) atoms. The summed E-state index contributed by atoms with van der Waals surface area (Å²) in [6, 6.07) is 0. The Balaban J connectivity index is 0.000000385. The van der Waals surface area contributed by atoms with E-state index >= 15 is 0 Å². The van der Waals surface area contributed by atoms with E-state index in [0.29, 0.717) is 12.0 Å². The summed E-state index contributed by atoms with van der Waals surface area (Å²) >= 11 is 0. The van der Waals surface area contributed by atoms with Crippen molar-refractivity contribution >= 4 is 5.91 Å². The molecule has 1 amide bonds. The summed E-state index contributed by atoms with van der Waals surface area (Å²) in [5.74, 6) is 1.10. The van der Waals surface area contributed by atoms with Gasteiger partial charge in [-0.15, -0.1) is 0 Å². The lowest BCUT2D eigenvalue weighted by Crippen LogP contribution is -2.51. The summed E-state index contributed by atoms with van der Waals surface area (Å²) in [7, 11) is 0. The van der Waals surface area contributed by atoms with Crippen LogP contribution in [-0.4, -0.2) is 36.1 Å². The van der Waals surface area contributed by atoms with Crippen LogP contribution < -0.4 is 0 Å². The van der Waals surface area contributed by atoms with E-state index in [-0.39, 0.29) is 25.5 Å². The molecule has 0 aromatic heterocycles. The molecule has 2 rings (SSSR count). The lowest BCUT2D eigenvalue weighted by Gasteiger charge is -2.38. The molecule has 132 valence electrons. The van der Waals surface area contributed by atoms with Crippen molar-refractivity contribution in [3.05, 3.63) is 0 Å². The third kappa shape index (κ3) is 7.13. The minimum Gasteiger partial charge on any atom is -0.370 e. The fourth-order valence-corrected chi connectivity index (χ4v) is 3.20. The fraction of sp³-hybridized carbons (Fsp3) is 0.947. The number of nitrogens with zero attached hydrogens (tertiary/aromatic N) is 1. The van der Waals surface area contributed by atoms with E-state index in [1.54, 1.807) is 0 Å². The van der Waals surface area contributed by atoms with Gasteiger partial charge in [0.2, 0.25) is 5.91 Å². The van der Waals surface area contributed by atoms with Gasteiger partial charge in [-0.05, 0) is 44.9 Å². The minimum atomic E-state index is -0.0547. The van der Waals surface area contributed by atoms with E-state index < -0.39 is 0 Å². The second-order valence-electron chi connectivity index (χ2n) is 8.47. The van der Waals surface area contributed by atoms with E-state index in [2.05, 4.69) is 20.8 Å². The highest BCUT2D eigenvalue weighted by molar-refractivity contribution is 5.78. The van der Waals surface area contributed by atoms with Gasteiger partial charge in [0.1, 0.15) is 6.61 Å². The zero-order chi connectivity index (χ0) is 16.1. The molecule has 1 aliphatic carbocycles. The predicted molar refractivity (Wildman–Crippen MR) is 95.0 cm³/mol. The van der Waals surface area contributed by atoms with E-state index in [0.717, 1.165) is 12.5 Å². The molecule has 2 fully saturated rings. The highest BCUT2D eigenvalue weighted by atomic mass is 16.5. The Hall–Kier alpha value is -0.570. The maximum atomic E-state index is 11.2. The standard InChI is InChI=1S/C10H20.C8H15NO2.CH4/c1-10(2,3)9-7-5-4-6-8-9;1-8(2,3)9-4-5-11-6-7(9)10;/h9H,4-8H2,1-3H3;4-6H2,1-3H3;1H4. The van der Waals surface area contributed by atoms with E-state index in [1.165, 1.54) is 32.1 Å². The molecule has 3 nitrogen and oxygen atoms in total. The largest absolute Gasteiger partial charge is 0.370 e. The first-order chi connectivity index (χ1) is 9.62. The number of carbonyl (C=O) groups is 1. The summed E-state index contributed by atoms with van der Waals surface area (Å²) in [5.41, 5.74) is 0.515. The van der Waals surface area contributed by atoms with Gasteiger partial charge in [0.25, 0.3) is 0 Å². The van der Waals surface area contributed by atoms with Gasteiger partial charge in [0.05, 0.1) is 6.61 Å². The van der Waals surface area contributed by atoms with Crippen molar-refractivity contribution in [1.82, 2.24) is 4.90 Å². The highest BCUT2D eigenvalue weighted by Gasteiger charge is 2.28. The summed E-state index contributed by atoms with van der Waals surface area (Å²) < 4.78 is 5.02. The normalized spacial score (nSPS) is 20.8. The summed E-state index contributed by atoms with van der Waals surface area (Å²) in [6.45, 7) is 14.9. The summed E-state index contributed by atoms with van der Waals surface area (Å²) in [5, 5.41) is 0. The topological polar surface area (TPSA) is 29.5 Å². The van der Waals surface area contributed by atoms with E-state index in [1.807, 2.05) is 25.7 Å². The molecule has 0 aromatic rings. The molecule has 2 aliphatic rings. The van der Waals surface area contributed by atoms with Crippen molar-refractivity contribution in [2.75, 3.05) is 19.8 Å². The van der Waals surface area contributed by atoms with Crippen LogP contribution in [0.2, 0.25) is 0 Å². The Morgan fingerprint density at radius 3 is 1.86 bits per heavy atom. The predicted octanol–water partition coefficient (Wildman–Crippen LogP) is 4.89. The first kappa shape index (κ1) is 21.4. The van der Waals surface area contributed by atoms with Gasteiger partial charge in [-0.2, -0.15) is 0 Å². The lowest BCUT2D eigenvalue weighted by atomic mass is 9.72. The van der Waals surface area contributed by atoms with Crippen LogP contribution in [0, 0.1) is 11.3 Å². The molecule has 0 N–H and O–H groups in total. The van der Waals surface area contributed by atoms with Crippen molar-refractivity contribution in [3.8, 4) is 0 Å². The second-order valence-corrected chi connectivity index (χ2v) is 8.47. The average molecular weight is 314 g/mol. The maximum Gasteiger partial charge on any atom is 0.249 e. The molecule has 1 heterocycles. The molecule has 0 unspecified atom stereocenters. The van der Waals surface area contributed by atoms with Crippen molar-refractivity contribution in [2.24, 2.45) is 11.3 Å². The van der Waals surface area contributed by atoms with Crippen LogP contribution in [0.1, 0.15) is 81.1 Å². The first-order valence-electron chi connectivity index (χ1n) is 8.50. The molecule has 3 heteroatoms. The monoisotopic (exact) mass is 313 g/mol. The van der Waals surface area contributed by atoms with Crippen molar-refractivity contribution in [3.63, 3.8) is 0 Å². The zero-order valence-corrected chi connectivity index (χ0v) is 15.0. The molecule has 1 aliphatic heterocycles. The molecule has 0 atom stereocenters. The van der Waals surface area contributed by atoms with Gasteiger partial charge in [0.15, 0.2) is 0 Å². The number of hydrogen-bond donors (Lipinski definition) is 0. The summed E-state index contributed by atoms with van der Waals surface area (Å²) in [6.07, 6.45) is 7.38. The van der Waals surface area contributed by atoms with Crippen LogP contribution in [0.4, 0.5) is 0 Å². The van der Waals surface area contributed by atoms with Crippen LogP contribution in [0.15, 0.2) is 0 Å². The molecular formula is C19H39NO2. The van der Waals surface area contributed by atoms with Crippen molar-refractivity contribution in [2.45, 2.75) is 86.6 Å². The Morgan fingerprint density at radius 1 is 1.00 bits per heavy atom. The molecule has 0 bridgehead atoms. The van der Waals surface area contributed by atoms with E-state index in [9.17, 15) is 4.79 Å². The molecule has 1 saturated carbocycles. The minimum absolute atomic E-state index is 0. The van der Waals surface area contributed by atoms with Crippen LogP contribution in [0.25, 0.3) is 0 Å². The maximum absolute atomic E-state index is 11.2. The van der Waals surface area contributed by atoms with Gasteiger partial charge >= 0.3 is 0 Å². The molecule has 1 saturated heterocycles. The number of hydrogen-bond acceptors (Lipinski definition) is 2. The van der Waals surface area contributed by atoms with Gasteiger partial charge in [-0.25, -0.2) is 0 Å². The second kappa shape index (κ2) is 8.90. The highest BCUT2D eigenvalue weighted by Crippen LogP contribution is 2.37. The van der Waals surface area contributed by atoms with Crippen LogP contribution in [0.5, 0.6) is 0 Å². The third-order valence-corrected chi connectivity index (χ3v) is 4.63. The molecule has 0 radical (unpaired) electrons.